The van der Waals surface area contributed by atoms with Gasteiger partial charge in [0.2, 0.25) is 0 Å². The number of nitrogens with one attached hydrogen (secondary N) is 1. The molecular formula is C22H27N5O4. The maximum absolute atomic E-state index is 12.5. The van der Waals surface area contributed by atoms with E-state index in [0.717, 1.165) is 36.7 Å². The number of aryl methyl sites for hydroxylation is 1. The third kappa shape index (κ3) is 4.27. The second-order valence-corrected chi connectivity index (χ2v) is 7.71. The van der Waals surface area contributed by atoms with Gasteiger partial charge in [0.05, 0.1) is 25.0 Å². The Hall–Kier alpha value is -3.33. The van der Waals surface area contributed by atoms with Crippen molar-refractivity contribution in [1.82, 2.24) is 25.0 Å². The summed E-state index contributed by atoms with van der Waals surface area (Å²) in [5.74, 6) is 2.67. The van der Waals surface area contributed by atoms with Crippen LogP contribution in [0.4, 0.5) is 0 Å². The van der Waals surface area contributed by atoms with Crippen molar-refractivity contribution < 1.29 is 19.1 Å². The van der Waals surface area contributed by atoms with E-state index >= 15 is 0 Å². The first-order valence-electron chi connectivity index (χ1n) is 10.3. The molecule has 9 nitrogen and oxygen atoms in total. The summed E-state index contributed by atoms with van der Waals surface area (Å²) in [6, 6.07) is 6.90. The van der Waals surface area contributed by atoms with Crippen LogP contribution >= 0.6 is 0 Å². The summed E-state index contributed by atoms with van der Waals surface area (Å²) in [5.41, 5.74) is 1.35. The molecule has 0 radical (unpaired) electrons. The lowest BCUT2D eigenvalue weighted by Crippen LogP contribution is -2.30. The van der Waals surface area contributed by atoms with Crippen LogP contribution in [0.3, 0.4) is 0 Å². The van der Waals surface area contributed by atoms with Gasteiger partial charge in [0.25, 0.3) is 5.91 Å². The van der Waals surface area contributed by atoms with Crippen molar-refractivity contribution >= 4 is 5.91 Å². The lowest BCUT2D eigenvalue weighted by molar-refractivity contribution is 0.0936. The van der Waals surface area contributed by atoms with E-state index in [4.69, 9.17) is 9.15 Å². The molecule has 1 amide bonds. The highest BCUT2D eigenvalue weighted by Crippen LogP contribution is 2.30. The minimum Gasteiger partial charge on any atom is -0.504 e. The van der Waals surface area contributed by atoms with E-state index in [2.05, 4.69) is 25.0 Å². The van der Waals surface area contributed by atoms with Crippen molar-refractivity contribution in [1.29, 1.82) is 0 Å². The number of methoxy groups -OCH3 is 1. The Morgan fingerprint density at radius 3 is 2.87 bits per heavy atom. The monoisotopic (exact) mass is 425 g/mol. The second kappa shape index (κ2) is 8.81. The summed E-state index contributed by atoms with van der Waals surface area (Å²) in [6.45, 7) is 6.55. The Morgan fingerprint density at radius 2 is 2.13 bits per heavy atom. The van der Waals surface area contributed by atoms with E-state index in [1.807, 2.05) is 19.1 Å². The Morgan fingerprint density at radius 1 is 1.29 bits per heavy atom. The number of nitrogens with zero attached hydrogens (tertiary/aromatic N) is 4. The molecule has 0 bridgehead atoms. The Kier molecular flexibility index (Phi) is 5.94. The molecule has 1 aliphatic rings. The van der Waals surface area contributed by atoms with Crippen LogP contribution in [-0.4, -0.2) is 50.9 Å². The summed E-state index contributed by atoms with van der Waals surface area (Å²) in [7, 11) is 1.55. The van der Waals surface area contributed by atoms with Crippen molar-refractivity contribution in [3.05, 3.63) is 59.1 Å². The van der Waals surface area contributed by atoms with Crippen molar-refractivity contribution in [2.45, 2.75) is 39.4 Å². The van der Waals surface area contributed by atoms with Crippen LogP contribution in [-0.2, 0) is 19.5 Å². The average molecular weight is 425 g/mol. The third-order valence-electron chi connectivity index (χ3n) is 5.68. The molecule has 3 heterocycles. The van der Waals surface area contributed by atoms with Gasteiger partial charge in [0.1, 0.15) is 11.6 Å². The van der Waals surface area contributed by atoms with E-state index in [-0.39, 0.29) is 17.7 Å². The summed E-state index contributed by atoms with van der Waals surface area (Å²) in [5, 5.41) is 22.1. The molecule has 1 atom stereocenters. The Balaban J connectivity index is 1.44. The number of phenolic OH excluding ortho intramolecular Hbond substituents is 1. The molecule has 0 fully saturated rings. The number of amides is 1. The number of rotatable bonds is 6. The zero-order chi connectivity index (χ0) is 22.0. The van der Waals surface area contributed by atoms with Crippen molar-refractivity contribution in [3.63, 3.8) is 0 Å². The van der Waals surface area contributed by atoms with Crippen LogP contribution < -0.4 is 10.1 Å². The quantitative estimate of drug-likeness (QED) is 0.625. The predicted octanol–water partition coefficient (Wildman–Crippen LogP) is 2.44. The first kappa shape index (κ1) is 20.9. The zero-order valence-electron chi connectivity index (χ0n) is 18.0. The normalized spacial score (nSPS) is 15.2. The maximum Gasteiger partial charge on any atom is 0.255 e. The molecule has 0 spiro atoms. The first-order chi connectivity index (χ1) is 15.0. The number of benzene rings is 1. The van der Waals surface area contributed by atoms with Crippen LogP contribution in [0.15, 0.2) is 34.9 Å². The van der Waals surface area contributed by atoms with Crippen LogP contribution in [0, 0.1) is 6.92 Å². The third-order valence-corrected chi connectivity index (χ3v) is 5.68. The Bertz CT molecular complexity index is 1070. The largest absolute Gasteiger partial charge is 0.504 e. The van der Waals surface area contributed by atoms with Gasteiger partial charge in [-0.05, 0) is 26.0 Å². The molecule has 2 aromatic heterocycles. The smallest absolute Gasteiger partial charge is 0.255 e. The highest BCUT2D eigenvalue weighted by atomic mass is 16.5. The average Bonchev–Trinajstić information content (AvgIpc) is 3.32. The number of phenols is 1. The lowest BCUT2D eigenvalue weighted by atomic mass is 10.1. The minimum atomic E-state index is -0.294. The molecular weight excluding hydrogens is 398 g/mol. The molecule has 3 aromatic rings. The van der Waals surface area contributed by atoms with Crippen LogP contribution in [0.25, 0.3) is 0 Å². The number of carbonyl (C=O) groups excluding carboxylic acids is 1. The van der Waals surface area contributed by atoms with Crippen molar-refractivity contribution in [2.24, 2.45) is 0 Å². The fraction of sp³-hybridized carbons (Fsp3) is 0.409. The van der Waals surface area contributed by atoms with Gasteiger partial charge in [-0.15, -0.1) is 10.2 Å². The van der Waals surface area contributed by atoms with Gasteiger partial charge < -0.3 is 24.1 Å². The highest BCUT2D eigenvalue weighted by molar-refractivity contribution is 5.95. The number of para-hydroxylation sites is 1. The van der Waals surface area contributed by atoms with Gasteiger partial charge in [0.15, 0.2) is 17.3 Å². The number of aromatic hydroxyl groups is 1. The number of hydrogen-bond donors (Lipinski definition) is 2. The molecule has 0 aliphatic carbocycles. The zero-order valence-corrected chi connectivity index (χ0v) is 18.0. The van der Waals surface area contributed by atoms with Gasteiger partial charge in [-0.25, -0.2) is 0 Å². The van der Waals surface area contributed by atoms with Crippen molar-refractivity contribution in [3.8, 4) is 11.5 Å². The Labute approximate surface area is 180 Å². The van der Waals surface area contributed by atoms with E-state index in [1.165, 1.54) is 6.26 Å². The first-order valence-corrected chi connectivity index (χ1v) is 10.3. The summed E-state index contributed by atoms with van der Waals surface area (Å²) < 4.78 is 12.5. The van der Waals surface area contributed by atoms with Gasteiger partial charge in [-0.2, -0.15) is 0 Å². The number of ether oxygens (including phenoxy) is 1. The van der Waals surface area contributed by atoms with Crippen molar-refractivity contribution in [2.75, 3.05) is 20.2 Å². The van der Waals surface area contributed by atoms with E-state index in [1.54, 1.807) is 26.2 Å². The van der Waals surface area contributed by atoms with E-state index in [9.17, 15) is 9.90 Å². The van der Waals surface area contributed by atoms with Gasteiger partial charge in [-0.3, -0.25) is 9.69 Å². The maximum atomic E-state index is 12.5. The summed E-state index contributed by atoms with van der Waals surface area (Å²) in [4.78, 5) is 14.8. The molecule has 0 saturated carbocycles. The summed E-state index contributed by atoms with van der Waals surface area (Å²) >= 11 is 0. The standard InChI is InChI=1S/C22H27N5O4/c1-14(23-22(29)17-8-12-31-15(17)2)21-25-24-19-7-9-26(10-11-27(19)21)13-16-5-4-6-18(30-3)20(16)28/h4-6,8,12,14,28H,7,9-11,13H2,1-3H3,(H,23,29). The van der Waals surface area contributed by atoms with E-state index in [0.29, 0.717) is 30.2 Å². The molecule has 4 rings (SSSR count). The molecule has 1 unspecified atom stereocenters. The highest BCUT2D eigenvalue weighted by Gasteiger charge is 2.24. The number of hydrogen-bond acceptors (Lipinski definition) is 7. The number of carbonyl (C=O) groups is 1. The molecule has 2 N–H and O–H groups in total. The molecule has 1 aliphatic heterocycles. The molecule has 1 aromatic carbocycles. The van der Waals surface area contributed by atoms with Gasteiger partial charge in [-0.1, -0.05) is 12.1 Å². The van der Waals surface area contributed by atoms with Crippen LogP contribution in [0.5, 0.6) is 11.5 Å². The number of fused-ring (bicyclic) bond motifs is 1. The van der Waals surface area contributed by atoms with Gasteiger partial charge >= 0.3 is 0 Å². The topological polar surface area (TPSA) is 106 Å². The molecule has 0 saturated heterocycles. The summed E-state index contributed by atoms with van der Waals surface area (Å²) in [6.07, 6.45) is 2.24. The SMILES string of the molecule is COc1cccc(CN2CCc3nnc(C(C)NC(=O)c4ccoc4C)n3CC2)c1O. The minimum absolute atomic E-state index is 0.181. The predicted molar refractivity (Wildman–Crippen MR) is 113 cm³/mol. The van der Waals surface area contributed by atoms with Crippen LogP contribution in [0.1, 0.15) is 46.3 Å². The molecule has 31 heavy (non-hydrogen) atoms. The lowest BCUT2D eigenvalue weighted by Gasteiger charge is -2.21. The molecule has 164 valence electrons. The molecule has 9 heteroatoms. The second-order valence-electron chi connectivity index (χ2n) is 7.71. The number of furan rings is 1. The fourth-order valence-electron chi connectivity index (χ4n) is 3.93. The van der Waals surface area contributed by atoms with Gasteiger partial charge in [0, 0.05) is 38.2 Å². The van der Waals surface area contributed by atoms with E-state index < -0.39 is 0 Å². The number of aromatic nitrogens is 3. The van der Waals surface area contributed by atoms with Crippen LogP contribution in [0.2, 0.25) is 0 Å². The fourth-order valence-corrected chi connectivity index (χ4v) is 3.93.